The van der Waals surface area contributed by atoms with E-state index in [0.29, 0.717) is 32.2 Å². The maximum atomic E-state index is 13.3. The minimum atomic E-state index is -0.938. The number of hydrogen-bond donors (Lipinski definition) is 2. The van der Waals surface area contributed by atoms with Crippen LogP contribution in [0.3, 0.4) is 0 Å². The van der Waals surface area contributed by atoms with Gasteiger partial charge in [-0.2, -0.15) is 0 Å². The number of amides is 1. The van der Waals surface area contributed by atoms with Crippen LogP contribution in [0.4, 0.5) is 8.78 Å². The second-order valence-corrected chi connectivity index (χ2v) is 3.75. The van der Waals surface area contributed by atoms with Crippen LogP contribution >= 0.6 is 0 Å². The number of aliphatic hydroxyl groups excluding tert-OH is 1. The molecule has 0 saturated heterocycles. The fourth-order valence-corrected chi connectivity index (χ4v) is 1.55. The summed E-state index contributed by atoms with van der Waals surface area (Å²) in [5.74, 6) is -1.39. The van der Waals surface area contributed by atoms with E-state index in [1.54, 1.807) is 0 Å². The monoisotopic (exact) mass is 243 g/mol. The van der Waals surface area contributed by atoms with Crippen LogP contribution in [0.1, 0.15) is 30.9 Å². The van der Waals surface area contributed by atoms with Gasteiger partial charge >= 0.3 is 0 Å². The highest BCUT2D eigenvalue weighted by Gasteiger charge is 2.12. The van der Waals surface area contributed by atoms with Crippen molar-refractivity contribution in [2.24, 2.45) is 0 Å². The van der Waals surface area contributed by atoms with Crippen molar-refractivity contribution in [3.05, 3.63) is 35.4 Å². The molecule has 0 heterocycles. The Morgan fingerprint density at radius 1 is 1.35 bits per heavy atom. The van der Waals surface area contributed by atoms with Gasteiger partial charge in [-0.1, -0.05) is 6.07 Å². The molecule has 1 amide bonds. The lowest BCUT2D eigenvalue weighted by atomic mass is 10.0. The Hall–Kier alpha value is -1.49. The number of hydrogen-bond acceptors (Lipinski definition) is 2. The van der Waals surface area contributed by atoms with Gasteiger partial charge in [-0.15, -0.1) is 0 Å². The molecule has 0 aromatic heterocycles. The molecule has 1 aromatic rings. The average Bonchev–Trinajstić information content (AvgIpc) is 2.28. The first-order valence-corrected chi connectivity index (χ1v) is 5.45. The molecule has 1 rings (SSSR count). The molecule has 1 aromatic carbocycles. The van der Waals surface area contributed by atoms with Crippen molar-refractivity contribution in [3.8, 4) is 0 Å². The number of unbranched alkanes of at least 4 members (excludes halogenated alkanes) is 1. The van der Waals surface area contributed by atoms with E-state index in [1.807, 2.05) is 0 Å². The highest BCUT2D eigenvalue weighted by Crippen LogP contribution is 2.22. The summed E-state index contributed by atoms with van der Waals surface area (Å²) in [5.41, 5.74) is 0.106. The normalized spacial score (nSPS) is 12.2. The van der Waals surface area contributed by atoms with Crippen LogP contribution in [0.2, 0.25) is 0 Å². The number of aliphatic hydroxyl groups is 1. The summed E-state index contributed by atoms with van der Waals surface area (Å²) in [4.78, 5) is 9.95. The minimum Gasteiger partial charge on any atom is -0.388 e. The maximum Gasteiger partial charge on any atom is 0.207 e. The maximum absolute atomic E-state index is 13.3. The Morgan fingerprint density at radius 3 is 2.76 bits per heavy atom. The van der Waals surface area contributed by atoms with Gasteiger partial charge in [-0.05, 0) is 25.3 Å². The van der Waals surface area contributed by atoms with Gasteiger partial charge in [0.1, 0.15) is 11.6 Å². The standard InChI is InChI=1S/C12H15F2NO2/c13-9-4-5-10(11(14)7-9)12(17)3-1-2-6-15-8-16/h4-5,7-8,12,17H,1-3,6H2,(H,15,16). The average molecular weight is 243 g/mol. The molecular weight excluding hydrogens is 228 g/mol. The number of rotatable bonds is 7. The number of halogens is 2. The third kappa shape index (κ3) is 4.48. The second kappa shape index (κ2) is 6.96. The lowest BCUT2D eigenvalue weighted by molar-refractivity contribution is -0.109. The molecule has 5 heteroatoms. The van der Waals surface area contributed by atoms with Gasteiger partial charge < -0.3 is 10.4 Å². The SMILES string of the molecule is O=CNCCCCC(O)c1ccc(F)cc1F. The van der Waals surface area contributed by atoms with Crippen molar-refractivity contribution in [1.82, 2.24) is 5.32 Å². The van der Waals surface area contributed by atoms with Crippen LogP contribution in [0, 0.1) is 11.6 Å². The van der Waals surface area contributed by atoms with Gasteiger partial charge in [0, 0.05) is 18.2 Å². The summed E-state index contributed by atoms with van der Waals surface area (Å²) in [6.07, 6.45) is 1.41. The summed E-state index contributed by atoms with van der Waals surface area (Å²) in [6.45, 7) is 0.530. The van der Waals surface area contributed by atoms with Gasteiger partial charge in [-0.3, -0.25) is 4.79 Å². The fraction of sp³-hybridized carbons (Fsp3) is 0.417. The summed E-state index contributed by atoms with van der Waals surface area (Å²) in [7, 11) is 0. The third-order valence-electron chi connectivity index (χ3n) is 2.45. The van der Waals surface area contributed by atoms with Crippen molar-refractivity contribution >= 4 is 6.41 Å². The Balaban J connectivity index is 2.41. The quantitative estimate of drug-likeness (QED) is 0.567. The van der Waals surface area contributed by atoms with Crippen molar-refractivity contribution < 1.29 is 18.7 Å². The first kappa shape index (κ1) is 13.6. The van der Waals surface area contributed by atoms with Gasteiger partial charge in [0.25, 0.3) is 0 Å². The molecule has 0 spiro atoms. The van der Waals surface area contributed by atoms with E-state index in [2.05, 4.69) is 5.32 Å². The lowest BCUT2D eigenvalue weighted by Crippen LogP contribution is -2.12. The molecule has 1 atom stereocenters. The highest BCUT2D eigenvalue weighted by molar-refractivity contribution is 5.45. The van der Waals surface area contributed by atoms with Gasteiger partial charge in [0.2, 0.25) is 6.41 Å². The van der Waals surface area contributed by atoms with Crippen LogP contribution in [-0.4, -0.2) is 18.1 Å². The molecule has 0 aliphatic rings. The zero-order valence-corrected chi connectivity index (χ0v) is 9.33. The largest absolute Gasteiger partial charge is 0.388 e. The zero-order valence-electron chi connectivity index (χ0n) is 9.33. The van der Waals surface area contributed by atoms with E-state index in [1.165, 1.54) is 6.07 Å². The van der Waals surface area contributed by atoms with E-state index in [-0.39, 0.29) is 5.56 Å². The van der Waals surface area contributed by atoms with Crippen LogP contribution in [-0.2, 0) is 4.79 Å². The minimum absolute atomic E-state index is 0.106. The Kier molecular flexibility index (Phi) is 5.56. The van der Waals surface area contributed by atoms with Crippen LogP contribution in [0.5, 0.6) is 0 Å². The zero-order chi connectivity index (χ0) is 12.7. The fourth-order valence-electron chi connectivity index (χ4n) is 1.55. The molecule has 0 radical (unpaired) electrons. The molecule has 17 heavy (non-hydrogen) atoms. The molecule has 1 unspecified atom stereocenters. The Labute approximate surface area is 98.5 Å². The van der Waals surface area contributed by atoms with E-state index in [4.69, 9.17) is 0 Å². The first-order chi connectivity index (χ1) is 8.15. The van der Waals surface area contributed by atoms with Crippen LogP contribution in [0.15, 0.2) is 18.2 Å². The molecule has 0 bridgehead atoms. The molecule has 3 nitrogen and oxygen atoms in total. The van der Waals surface area contributed by atoms with Crippen molar-refractivity contribution in [2.45, 2.75) is 25.4 Å². The van der Waals surface area contributed by atoms with Crippen molar-refractivity contribution in [2.75, 3.05) is 6.54 Å². The van der Waals surface area contributed by atoms with E-state index >= 15 is 0 Å². The van der Waals surface area contributed by atoms with Crippen LogP contribution < -0.4 is 5.32 Å². The lowest BCUT2D eigenvalue weighted by Gasteiger charge is -2.11. The van der Waals surface area contributed by atoms with Crippen LogP contribution in [0.25, 0.3) is 0 Å². The molecule has 0 fully saturated rings. The molecule has 2 N–H and O–H groups in total. The topological polar surface area (TPSA) is 49.3 Å². The summed E-state index contributed by atoms with van der Waals surface area (Å²) < 4.78 is 25.9. The Bertz CT molecular complexity index is 372. The molecule has 0 saturated carbocycles. The third-order valence-corrected chi connectivity index (χ3v) is 2.45. The molecular formula is C12H15F2NO2. The molecule has 0 aliphatic carbocycles. The predicted molar refractivity (Wildman–Crippen MR) is 59.2 cm³/mol. The van der Waals surface area contributed by atoms with E-state index in [9.17, 15) is 18.7 Å². The number of carbonyl (C=O) groups excluding carboxylic acids is 1. The highest BCUT2D eigenvalue weighted by atomic mass is 19.1. The Morgan fingerprint density at radius 2 is 2.12 bits per heavy atom. The smallest absolute Gasteiger partial charge is 0.207 e. The number of carbonyl (C=O) groups is 1. The second-order valence-electron chi connectivity index (χ2n) is 3.75. The molecule has 0 aliphatic heterocycles. The van der Waals surface area contributed by atoms with E-state index < -0.39 is 17.7 Å². The van der Waals surface area contributed by atoms with Gasteiger partial charge in [-0.25, -0.2) is 8.78 Å². The summed E-state index contributed by atoms with van der Waals surface area (Å²) in [6, 6.07) is 3.13. The predicted octanol–water partition coefficient (Wildman–Crippen LogP) is 1.91. The van der Waals surface area contributed by atoms with Crippen molar-refractivity contribution in [3.63, 3.8) is 0 Å². The summed E-state index contributed by atoms with van der Waals surface area (Å²) >= 11 is 0. The first-order valence-electron chi connectivity index (χ1n) is 5.45. The van der Waals surface area contributed by atoms with E-state index in [0.717, 1.165) is 12.1 Å². The number of benzene rings is 1. The summed E-state index contributed by atoms with van der Waals surface area (Å²) in [5, 5.41) is 12.2. The van der Waals surface area contributed by atoms with Gasteiger partial charge in [0.05, 0.1) is 6.10 Å². The van der Waals surface area contributed by atoms with Gasteiger partial charge in [0.15, 0.2) is 0 Å². The molecule has 94 valence electrons. The van der Waals surface area contributed by atoms with Crippen molar-refractivity contribution in [1.29, 1.82) is 0 Å². The number of nitrogens with one attached hydrogen (secondary N) is 1.